The number of amides is 1. The molecule has 2 atom stereocenters. The van der Waals surface area contributed by atoms with Gasteiger partial charge in [0.05, 0.1) is 19.1 Å². The number of hydrogen-bond donors (Lipinski definition) is 0. The fourth-order valence-corrected chi connectivity index (χ4v) is 2.49. The summed E-state index contributed by atoms with van der Waals surface area (Å²) in [5, 5.41) is 0. The van der Waals surface area contributed by atoms with E-state index in [0.29, 0.717) is 6.54 Å². The Labute approximate surface area is 106 Å². The Kier molecular flexibility index (Phi) is 3.60. The van der Waals surface area contributed by atoms with Crippen molar-refractivity contribution in [2.45, 2.75) is 19.4 Å². The molecule has 1 aromatic rings. The second-order valence-electron chi connectivity index (χ2n) is 4.24. The van der Waals surface area contributed by atoms with E-state index in [0.717, 1.165) is 5.56 Å². The van der Waals surface area contributed by atoms with E-state index < -0.39 is 5.92 Å². The van der Waals surface area contributed by atoms with Gasteiger partial charge in [-0.3, -0.25) is 14.6 Å². The summed E-state index contributed by atoms with van der Waals surface area (Å²) in [6.07, 6.45) is 3.58. The molecule has 1 aromatic heterocycles. The lowest BCUT2D eigenvalue weighted by atomic mass is 9.95. The molecule has 5 heteroatoms. The molecule has 1 aliphatic heterocycles. The van der Waals surface area contributed by atoms with Crippen molar-refractivity contribution in [2.24, 2.45) is 5.92 Å². The van der Waals surface area contributed by atoms with Crippen LogP contribution in [0.2, 0.25) is 0 Å². The first-order chi connectivity index (χ1) is 8.69. The number of esters is 1. The maximum absolute atomic E-state index is 11.9. The zero-order valence-electron chi connectivity index (χ0n) is 10.5. The van der Waals surface area contributed by atoms with Gasteiger partial charge in [0.15, 0.2) is 0 Å². The van der Waals surface area contributed by atoms with E-state index in [4.69, 9.17) is 4.74 Å². The van der Waals surface area contributed by atoms with Crippen LogP contribution in [0.5, 0.6) is 0 Å². The topological polar surface area (TPSA) is 59.5 Å². The first-order valence-electron chi connectivity index (χ1n) is 5.96. The highest BCUT2D eigenvalue weighted by Gasteiger charge is 2.44. The van der Waals surface area contributed by atoms with Crippen molar-refractivity contribution >= 4 is 11.9 Å². The maximum atomic E-state index is 11.9. The van der Waals surface area contributed by atoms with Crippen LogP contribution in [0, 0.1) is 5.92 Å². The molecule has 0 spiro atoms. The Morgan fingerprint density at radius 3 is 2.94 bits per heavy atom. The number of rotatable bonds is 3. The van der Waals surface area contributed by atoms with Gasteiger partial charge in [-0.05, 0) is 18.6 Å². The van der Waals surface area contributed by atoms with Gasteiger partial charge in [-0.25, -0.2) is 0 Å². The van der Waals surface area contributed by atoms with Gasteiger partial charge in [-0.2, -0.15) is 0 Å². The zero-order chi connectivity index (χ0) is 13.1. The molecular weight excluding hydrogens is 232 g/mol. The van der Waals surface area contributed by atoms with Gasteiger partial charge in [0.2, 0.25) is 5.91 Å². The van der Waals surface area contributed by atoms with Crippen molar-refractivity contribution in [1.82, 2.24) is 9.88 Å². The predicted molar refractivity (Wildman–Crippen MR) is 64.5 cm³/mol. The smallest absolute Gasteiger partial charge is 0.311 e. The number of methoxy groups -OCH3 is 1. The van der Waals surface area contributed by atoms with Crippen LogP contribution in [0.4, 0.5) is 0 Å². The fraction of sp³-hybridized carbons (Fsp3) is 0.462. The van der Waals surface area contributed by atoms with Crippen molar-refractivity contribution in [3.63, 3.8) is 0 Å². The molecule has 2 rings (SSSR count). The minimum atomic E-state index is -0.438. The molecule has 2 heterocycles. The molecule has 0 unspecified atom stereocenters. The number of aromatic nitrogens is 1. The Hall–Kier alpha value is -1.91. The summed E-state index contributed by atoms with van der Waals surface area (Å²) < 4.78 is 4.79. The Morgan fingerprint density at radius 1 is 1.61 bits per heavy atom. The van der Waals surface area contributed by atoms with E-state index in [1.54, 1.807) is 23.4 Å². The van der Waals surface area contributed by atoms with Crippen molar-refractivity contribution in [3.05, 3.63) is 30.1 Å². The molecule has 1 aliphatic rings. The van der Waals surface area contributed by atoms with Crippen molar-refractivity contribution in [2.75, 3.05) is 13.7 Å². The van der Waals surface area contributed by atoms with Crippen LogP contribution >= 0.6 is 0 Å². The highest BCUT2D eigenvalue weighted by atomic mass is 16.5. The molecule has 0 aromatic carbocycles. The summed E-state index contributed by atoms with van der Waals surface area (Å²) in [5.41, 5.74) is 0.876. The highest BCUT2D eigenvalue weighted by molar-refractivity contribution is 5.88. The van der Waals surface area contributed by atoms with E-state index >= 15 is 0 Å². The van der Waals surface area contributed by atoms with Crippen molar-refractivity contribution in [3.8, 4) is 0 Å². The van der Waals surface area contributed by atoms with Crippen molar-refractivity contribution in [1.29, 1.82) is 0 Å². The summed E-state index contributed by atoms with van der Waals surface area (Å²) >= 11 is 0. The Morgan fingerprint density at radius 2 is 2.39 bits per heavy atom. The fourth-order valence-electron chi connectivity index (χ4n) is 2.49. The molecule has 18 heavy (non-hydrogen) atoms. The van der Waals surface area contributed by atoms with E-state index in [1.165, 1.54) is 7.11 Å². The van der Waals surface area contributed by atoms with Crippen LogP contribution < -0.4 is 0 Å². The lowest BCUT2D eigenvalue weighted by Gasteiger charge is -2.26. The van der Waals surface area contributed by atoms with Gasteiger partial charge in [0.25, 0.3) is 0 Å². The van der Waals surface area contributed by atoms with Gasteiger partial charge in [0.1, 0.15) is 0 Å². The summed E-state index contributed by atoms with van der Waals surface area (Å²) in [6.45, 7) is 2.48. The molecule has 0 aliphatic carbocycles. The van der Waals surface area contributed by atoms with Gasteiger partial charge in [-0.1, -0.05) is 6.07 Å². The average molecular weight is 248 g/mol. The maximum Gasteiger partial charge on any atom is 0.311 e. The van der Waals surface area contributed by atoms with Crippen LogP contribution in [-0.2, 0) is 14.3 Å². The van der Waals surface area contributed by atoms with E-state index in [-0.39, 0.29) is 24.3 Å². The third-order valence-electron chi connectivity index (χ3n) is 3.30. The van der Waals surface area contributed by atoms with Crippen LogP contribution in [0.1, 0.15) is 24.9 Å². The molecule has 96 valence electrons. The first kappa shape index (κ1) is 12.5. The summed E-state index contributed by atoms with van der Waals surface area (Å²) in [5.74, 6) is -0.790. The second-order valence-corrected chi connectivity index (χ2v) is 4.24. The van der Waals surface area contributed by atoms with Gasteiger partial charge in [0, 0.05) is 25.4 Å². The number of likely N-dealkylation sites (tertiary alicyclic amines) is 1. The summed E-state index contributed by atoms with van der Waals surface area (Å²) in [4.78, 5) is 29.5. The lowest BCUT2D eigenvalue weighted by Crippen LogP contribution is -2.30. The molecular formula is C13H16N2O3. The summed E-state index contributed by atoms with van der Waals surface area (Å²) in [7, 11) is 1.35. The standard InChI is InChI=1S/C13H16N2O3/c1-3-15-11(16)7-10(13(17)18-2)12(15)9-5-4-6-14-8-9/h4-6,8,10,12H,3,7H2,1-2H3/t10-,12+/m1/s1. The zero-order valence-corrected chi connectivity index (χ0v) is 10.5. The number of ether oxygens (including phenoxy) is 1. The quantitative estimate of drug-likeness (QED) is 0.753. The molecule has 0 saturated carbocycles. The van der Waals surface area contributed by atoms with Gasteiger partial charge < -0.3 is 9.64 Å². The largest absolute Gasteiger partial charge is 0.469 e. The second kappa shape index (κ2) is 5.16. The minimum absolute atomic E-state index is 0.0123. The third kappa shape index (κ3) is 2.08. The Balaban J connectivity index is 2.37. The molecule has 1 saturated heterocycles. The number of hydrogen-bond acceptors (Lipinski definition) is 4. The molecule has 1 fully saturated rings. The van der Waals surface area contributed by atoms with E-state index in [9.17, 15) is 9.59 Å². The summed E-state index contributed by atoms with van der Waals surface area (Å²) in [6, 6.07) is 3.43. The highest BCUT2D eigenvalue weighted by Crippen LogP contribution is 2.38. The Bertz CT molecular complexity index is 445. The van der Waals surface area contributed by atoms with E-state index in [2.05, 4.69) is 4.98 Å². The molecule has 1 amide bonds. The van der Waals surface area contributed by atoms with Crippen molar-refractivity contribution < 1.29 is 14.3 Å². The molecule has 0 radical (unpaired) electrons. The van der Waals surface area contributed by atoms with Gasteiger partial charge in [-0.15, -0.1) is 0 Å². The molecule has 5 nitrogen and oxygen atoms in total. The predicted octanol–water partition coefficient (Wildman–Crippen LogP) is 1.16. The van der Waals surface area contributed by atoms with Crippen LogP contribution in [-0.4, -0.2) is 35.4 Å². The van der Waals surface area contributed by atoms with Gasteiger partial charge >= 0.3 is 5.97 Å². The van der Waals surface area contributed by atoms with Crippen LogP contribution in [0.3, 0.4) is 0 Å². The number of pyridine rings is 1. The molecule has 0 N–H and O–H groups in total. The first-order valence-corrected chi connectivity index (χ1v) is 5.96. The van der Waals surface area contributed by atoms with Crippen LogP contribution in [0.25, 0.3) is 0 Å². The minimum Gasteiger partial charge on any atom is -0.469 e. The molecule has 0 bridgehead atoms. The normalized spacial score (nSPS) is 23.2. The number of carbonyl (C=O) groups excluding carboxylic acids is 2. The third-order valence-corrected chi connectivity index (χ3v) is 3.30. The van der Waals surface area contributed by atoms with Crippen LogP contribution in [0.15, 0.2) is 24.5 Å². The average Bonchev–Trinajstić information content (AvgIpc) is 2.75. The monoisotopic (exact) mass is 248 g/mol. The lowest BCUT2D eigenvalue weighted by molar-refractivity contribution is -0.146. The number of carbonyl (C=O) groups is 2. The SMILES string of the molecule is CCN1C(=O)C[C@@H](C(=O)OC)[C@@H]1c1cccnc1. The van der Waals surface area contributed by atoms with E-state index in [1.807, 2.05) is 13.0 Å². The number of nitrogens with zero attached hydrogens (tertiary/aromatic N) is 2.